The van der Waals surface area contributed by atoms with E-state index in [4.69, 9.17) is 21.1 Å². The van der Waals surface area contributed by atoms with Crippen LogP contribution in [0.1, 0.15) is 28.4 Å². The maximum absolute atomic E-state index is 12.2. The molecule has 0 aromatic heterocycles. The molecule has 0 saturated carbocycles. The maximum atomic E-state index is 12.2. The first-order valence-electron chi connectivity index (χ1n) is 9.39. The molecule has 0 unspecified atom stereocenters. The van der Waals surface area contributed by atoms with Gasteiger partial charge >= 0.3 is 0 Å². The van der Waals surface area contributed by atoms with Gasteiger partial charge in [-0.25, -0.2) is 5.43 Å². The van der Waals surface area contributed by atoms with Crippen LogP contribution in [0.3, 0.4) is 0 Å². The molecule has 0 bridgehead atoms. The van der Waals surface area contributed by atoms with Gasteiger partial charge in [0, 0.05) is 15.1 Å². The Labute approximate surface area is 208 Å². The van der Waals surface area contributed by atoms with Crippen molar-refractivity contribution >= 4 is 62.2 Å². The summed E-state index contributed by atoms with van der Waals surface area (Å²) in [5, 5.41) is 4.75. The van der Waals surface area contributed by atoms with Crippen LogP contribution in [-0.2, 0) is 6.61 Å². The van der Waals surface area contributed by atoms with Crippen molar-refractivity contribution in [2.24, 2.45) is 5.10 Å². The maximum Gasteiger partial charge on any atom is 0.271 e. The molecule has 31 heavy (non-hydrogen) atoms. The Morgan fingerprint density at radius 2 is 1.84 bits per heavy atom. The van der Waals surface area contributed by atoms with Crippen LogP contribution in [-0.4, -0.2) is 18.7 Å². The summed E-state index contributed by atoms with van der Waals surface area (Å²) in [6.45, 7) is 2.80. The van der Waals surface area contributed by atoms with Crippen molar-refractivity contribution in [1.29, 1.82) is 0 Å². The number of ether oxygens (including phenoxy) is 2. The van der Waals surface area contributed by atoms with Crippen LogP contribution < -0.4 is 14.9 Å². The number of rotatable bonds is 8. The van der Waals surface area contributed by atoms with E-state index in [0.717, 1.165) is 19.2 Å². The Morgan fingerprint density at radius 3 is 2.52 bits per heavy atom. The van der Waals surface area contributed by atoms with Crippen molar-refractivity contribution in [3.63, 3.8) is 0 Å². The topological polar surface area (TPSA) is 59.9 Å². The van der Waals surface area contributed by atoms with Gasteiger partial charge in [0.15, 0.2) is 11.5 Å². The normalized spacial score (nSPS) is 10.8. The molecule has 3 rings (SSSR count). The highest BCUT2D eigenvalue weighted by molar-refractivity contribution is 14.1. The first-order valence-corrected chi connectivity index (χ1v) is 11.6. The van der Waals surface area contributed by atoms with E-state index in [1.54, 1.807) is 30.5 Å². The summed E-state index contributed by atoms with van der Waals surface area (Å²) in [5.41, 5.74) is 4.84. The van der Waals surface area contributed by atoms with Crippen molar-refractivity contribution in [1.82, 2.24) is 5.43 Å². The molecule has 0 aliphatic rings. The molecule has 160 valence electrons. The quantitative estimate of drug-likeness (QED) is 0.181. The predicted molar refractivity (Wildman–Crippen MR) is 135 cm³/mol. The van der Waals surface area contributed by atoms with Crippen LogP contribution in [0.5, 0.6) is 11.5 Å². The molecule has 1 amide bonds. The number of hydrogen-bond acceptors (Lipinski definition) is 4. The van der Waals surface area contributed by atoms with Crippen molar-refractivity contribution in [2.45, 2.75) is 13.5 Å². The molecular weight excluding hydrogens is 595 g/mol. The predicted octanol–water partition coefficient (Wildman–Crippen LogP) is 6.45. The minimum atomic E-state index is -0.286. The average Bonchev–Trinajstić information content (AvgIpc) is 2.75. The van der Waals surface area contributed by atoms with Crippen molar-refractivity contribution < 1.29 is 14.3 Å². The summed E-state index contributed by atoms with van der Waals surface area (Å²) in [6.07, 6.45) is 1.57. The minimum absolute atomic E-state index is 0.286. The Balaban J connectivity index is 1.71. The molecule has 1 N–H and O–H groups in total. The third-order valence-electron chi connectivity index (χ3n) is 4.11. The van der Waals surface area contributed by atoms with Crippen LogP contribution in [0.25, 0.3) is 0 Å². The van der Waals surface area contributed by atoms with Crippen molar-refractivity contribution in [3.8, 4) is 11.5 Å². The highest BCUT2D eigenvalue weighted by Gasteiger charge is 2.12. The average molecular weight is 614 g/mol. The van der Waals surface area contributed by atoms with Crippen molar-refractivity contribution in [3.05, 3.63) is 90.4 Å². The number of nitrogens with zero attached hydrogens (tertiary/aromatic N) is 1. The Hall–Kier alpha value is -2.10. The molecule has 0 heterocycles. The van der Waals surface area contributed by atoms with E-state index in [0.29, 0.717) is 35.3 Å². The fourth-order valence-electron chi connectivity index (χ4n) is 2.63. The Morgan fingerprint density at radius 1 is 1.13 bits per heavy atom. The number of hydrazone groups is 1. The lowest BCUT2D eigenvalue weighted by molar-refractivity contribution is 0.0955. The summed E-state index contributed by atoms with van der Waals surface area (Å²) >= 11 is 11.5. The van der Waals surface area contributed by atoms with Crippen LogP contribution in [0.4, 0.5) is 0 Å². The molecular formula is C23H19BrClIN2O3. The lowest BCUT2D eigenvalue weighted by Gasteiger charge is -2.15. The third kappa shape index (κ3) is 6.95. The second-order valence-corrected chi connectivity index (χ2v) is 8.90. The Bertz CT molecular complexity index is 1070. The number of carbonyl (C=O) groups is 1. The Kier molecular flexibility index (Phi) is 8.74. The molecule has 5 nitrogen and oxygen atoms in total. The van der Waals surface area contributed by atoms with E-state index in [-0.39, 0.29) is 5.91 Å². The lowest BCUT2D eigenvalue weighted by atomic mass is 10.2. The van der Waals surface area contributed by atoms with Gasteiger partial charge in [-0.1, -0.05) is 39.7 Å². The largest absolute Gasteiger partial charge is 0.490 e. The van der Waals surface area contributed by atoms with Gasteiger partial charge < -0.3 is 9.47 Å². The third-order valence-corrected chi connectivity index (χ3v) is 5.70. The molecule has 8 heteroatoms. The summed E-state index contributed by atoms with van der Waals surface area (Å²) in [4.78, 5) is 12.2. The van der Waals surface area contributed by atoms with Crippen LogP contribution >= 0.6 is 50.1 Å². The van der Waals surface area contributed by atoms with Gasteiger partial charge in [0.2, 0.25) is 0 Å². The van der Waals surface area contributed by atoms with E-state index in [2.05, 4.69) is 49.0 Å². The molecule has 0 fully saturated rings. The number of carbonyl (C=O) groups excluding carboxylic acids is 1. The molecule has 3 aromatic rings. The summed E-state index contributed by atoms with van der Waals surface area (Å²) in [7, 11) is 0. The van der Waals surface area contributed by atoms with Gasteiger partial charge in [0.25, 0.3) is 5.91 Å². The second kappa shape index (κ2) is 11.5. The smallest absolute Gasteiger partial charge is 0.271 e. The molecule has 3 aromatic carbocycles. The van der Waals surface area contributed by atoms with E-state index >= 15 is 0 Å². The van der Waals surface area contributed by atoms with Gasteiger partial charge in [-0.15, -0.1) is 0 Å². The summed E-state index contributed by atoms with van der Waals surface area (Å²) < 4.78 is 13.6. The molecule has 0 atom stereocenters. The van der Waals surface area contributed by atoms with Gasteiger partial charge in [-0.05, 0) is 89.2 Å². The van der Waals surface area contributed by atoms with Gasteiger partial charge in [-0.2, -0.15) is 5.10 Å². The zero-order chi connectivity index (χ0) is 22.2. The van der Waals surface area contributed by atoms with Crippen LogP contribution in [0, 0.1) is 3.57 Å². The van der Waals surface area contributed by atoms with Crippen LogP contribution in [0.15, 0.2) is 70.2 Å². The number of nitrogens with one attached hydrogen (secondary N) is 1. The fraction of sp³-hybridized carbons (Fsp3) is 0.130. The molecule has 0 radical (unpaired) electrons. The summed E-state index contributed by atoms with van der Waals surface area (Å²) in [5.74, 6) is 0.990. The molecule has 0 aliphatic carbocycles. The number of benzene rings is 3. The second-order valence-electron chi connectivity index (χ2n) is 6.38. The fourth-order valence-corrected chi connectivity index (χ4v) is 3.80. The minimum Gasteiger partial charge on any atom is -0.490 e. The lowest BCUT2D eigenvalue weighted by Crippen LogP contribution is -2.17. The zero-order valence-electron chi connectivity index (χ0n) is 16.6. The monoisotopic (exact) mass is 612 g/mol. The van der Waals surface area contributed by atoms with E-state index in [1.807, 2.05) is 43.3 Å². The van der Waals surface area contributed by atoms with E-state index in [9.17, 15) is 4.79 Å². The zero-order valence-corrected chi connectivity index (χ0v) is 21.1. The van der Waals surface area contributed by atoms with Crippen molar-refractivity contribution in [2.75, 3.05) is 6.61 Å². The van der Waals surface area contributed by atoms with Gasteiger partial charge in [0.1, 0.15) is 6.61 Å². The van der Waals surface area contributed by atoms with E-state index in [1.165, 1.54) is 0 Å². The standard InChI is InChI=1S/C23H19BrClIN2O3/c1-2-30-21-12-16(13-27-28-23(29)17-5-7-18(24)8-6-17)11-20(26)22(21)31-14-15-3-9-19(25)10-4-15/h3-13H,2,14H2,1H3,(H,28,29)/b27-13+. The first kappa shape index (κ1) is 23.6. The SMILES string of the molecule is CCOc1cc(/C=N/NC(=O)c2ccc(Br)cc2)cc(I)c1OCc1ccc(Cl)cc1. The highest BCUT2D eigenvalue weighted by Crippen LogP contribution is 2.34. The molecule has 0 spiro atoms. The number of amides is 1. The molecule has 0 saturated heterocycles. The molecule has 0 aliphatic heterocycles. The first-order chi connectivity index (χ1) is 15.0. The number of halogens is 3. The number of hydrogen-bond donors (Lipinski definition) is 1. The van der Waals surface area contributed by atoms with Gasteiger partial charge in [-0.3, -0.25) is 4.79 Å². The highest BCUT2D eigenvalue weighted by atomic mass is 127. The van der Waals surface area contributed by atoms with E-state index < -0.39 is 0 Å². The summed E-state index contributed by atoms with van der Waals surface area (Å²) in [6, 6.07) is 18.3. The van der Waals surface area contributed by atoms with Crippen LogP contribution in [0.2, 0.25) is 5.02 Å². The van der Waals surface area contributed by atoms with Gasteiger partial charge in [0.05, 0.1) is 16.4 Å².